The number of para-hydroxylation sites is 2. The molecule has 0 aliphatic rings. The molecule has 0 aliphatic heterocycles. The van der Waals surface area contributed by atoms with Crippen LogP contribution >= 0.6 is 0 Å². The molecule has 0 radical (unpaired) electrons. The first kappa shape index (κ1) is 15.4. The molecule has 2 aromatic rings. The fourth-order valence-electron chi connectivity index (χ4n) is 2.64. The number of phenolic OH excluding ortho intramolecular Hbond substituents is 2. The number of hydrogen-bond acceptors (Lipinski definition) is 2. The van der Waals surface area contributed by atoms with Crippen molar-refractivity contribution in [1.82, 2.24) is 0 Å². The van der Waals surface area contributed by atoms with Crippen LogP contribution in [0.1, 0.15) is 61.8 Å². The SMILES string of the molecule is CC(C)c1cccc(Cc2cccc(C(C)C)c2O)c1O. The molecule has 0 saturated carbocycles. The van der Waals surface area contributed by atoms with E-state index in [1.807, 2.05) is 36.4 Å². The lowest BCUT2D eigenvalue weighted by molar-refractivity contribution is 0.452. The van der Waals surface area contributed by atoms with E-state index in [1.165, 1.54) is 0 Å². The van der Waals surface area contributed by atoms with E-state index in [4.69, 9.17) is 0 Å². The Labute approximate surface area is 127 Å². The van der Waals surface area contributed by atoms with Crippen LogP contribution in [0.15, 0.2) is 36.4 Å². The van der Waals surface area contributed by atoms with E-state index in [1.54, 1.807) is 0 Å². The summed E-state index contributed by atoms with van der Waals surface area (Å²) < 4.78 is 0. The van der Waals surface area contributed by atoms with E-state index in [2.05, 4.69) is 27.7 Å². The van der Waals surface area contributed by atoms with Crippen LogP contribution in [0.5, 0.6) is 11.5 Å². The summed E-state index contributed by atoms with van der Waals surface area (Å²) in [6.45, 7) is 8.26. The molecule has 21 heavy (non-hydrogen) atoms. The summed E-state index contributed by atoms with van der Waals surface area (Å²) in [5, 5.41) is 20.8. The number of hydrogen-bond donors (Lipinski definition) is 2. The lowest BCUT2D eigenvalue weighted by atomic mass is 9.93. The Morgan fingerprint density at radius 1 is 0.714 bits per heavy atom. The van der Waals surface area contributed by atoms with Gasteiger partial charge in [0.25, 0.3) is 0 Å². The molecule has 2 N–H and O–H groups in total. The second-order valence-corrected chi connectivity index (χ2v) is 6.20. The van der Waals surface area contributed by atoms with E-state index >= 15 is 0 Å². The Bertz CT molecular complexity index is 572. The van der Waals surface area contributed by atoms with Crippen molar-refractivity contribution in [3.8, 4) is 11.5 Å². The first-order valence-corrected chi connectivity index (χ1v) is 7.53. The van der Waals surface area contributed by atoms with Crippen molar-refractivity contribution < 1.29 is 10.2 Å². The predicted octanol–water partition coefficient (Wildman–Crippen LogP) is 4.94. The maximum atomic E-state index is 10.4. The van der Waals surface area contributed by atoms with Gasteiger partial charge in [0, 0.05) is 6.42 Å². The fraction of sp³-hybridized carbons (Fsp3) is 0.368. The summed E-state index contributed by atoms with van der Waals surface area (Å²) in [5.74, 6) is 1.25. The van der Waals surface area contributed by atoms with Gasteiger partial charge in [-0.3, -0.25) is 0 Å². The van der Waals surface area contributed by atoms with Crippen LogP contribution in [0.2, 0.25) is 0 Å². The van der Waals surface area contributed by atoms with Gasteiger partial charge in [0.15, 0.2) is 0 Å². The first-order chi connectivity index (χ1) is 9.91. The molecule has 0 saturated heterocycles. The maximum absolute atomic E-state index is 10.4. The zero-order valence-corrected chi connectivity index (χ0v) is 13.2. The third-order valence-electron chi connectivity index (χ3n) is 3.93. The smallest absolute Gasteiger partial charge is 0.122 e. The molecular weight excluding hydrogens is 260 g/mol. The molecule has 0 bridgehead atoms. The molecule has 0 aliphatic carbocycles. The molecule has 2 rings (SSSR count). The second kappa shape index (κ2) is 6.21. The maximum Gasteiger partial charge on any atom is 0.122 e. The summed E-state index contributed by atoms with van der Waals surface area (Å²) in [5.41, 5.74) is 3.62. The van der Waals surface area contributed by atoms with E-state index in [-0.39, 0.29) is 11.8 Å². The largest absolute Gasteiger partial charge is 0.507 e. The van der Waals surface area contributed by atoms with Crippen LogP contribution in [-0.2, 0) is 6.42 Å². The van der Waals surface area contributed by atoms with Crippen molar-refractivity contribution in [2.24, 2.45) is 0 Å². The summed E-state index contributed by atoms with van der Waals surface area (Å²) in [6, 6.07) is 11.7. The monoisotopic (exact) mass is 284 g/mol. The molecule has 0 fully saturated rings. The van der Waals surface area contributed by atoms with Crippen LogP contribution in [0.3, 0.4) is 0 Å². The molecule has 0 atom stereocenters. The van der Waals surface area contributed by atoms with Crippen LogP contribution in [0, 0.1) is 0 Å². The third kappa shape index (κ3) is 3.21. The molecule has 0 spiro atoms. The number of rotatable bonds is 4. The summed E-state index contributed by atoms with van der Waals surface area (Å²) in [6.07, 6.45) is 0.540. The molecule has 0 amide bonds. The van der Waals surface area contributed by atoms with Gasteiger partial charge in [-0.15, -0.1) is 0 Å². The molecule has 0 heterocycles. The number of benzene rings is 2. The Balaban J connectivity index is 2.40. The van der Waals surface area contributed by atoms with Gasteiger partial charge >= 0.3 is 0 Å². The zero-order valence-electron chi connectivity index (χ0n) is 13.2. The Kier molecular flexibility index (Phi) is 4.56. The predicted molar refractivity (Wildman–Crippen MR) is 87.2 cm³/mol. The lowest BCUT2D eigenvalue weighted by Gasteiger charge is -2.15. The van der Waals surface area contributed by atoms with Crippen LogP contribution < -0.4 is 0 Å². The topological polar surface area (TPSA) is 40.5 Å². The lowest BCUT2D eigenvalue weighted by Crippen LogP contribution is -1.97. The van der Waals surface area contributed by atoms with Gasteiger partial charge in [0.05, 0.1) is 0 Å². The van der Waals surface area contributed by atoms with Crippen molar-refractivity contribution in [3.63, 3.8) is 0 Å². The van der Waals surface area contributed by atoms with E-state index in [0.717, 1.165) is 22.3 Å². The van der Waals surface area contributed by atoms with Crippen LogP contribution in [0.25, 0.3) is 0 Å². The van der Waals surface area contributed by atoms with E-state index < -0.39 is 0 Å². The number of phenols is 2. The highest BCUT2D eigenvalue weighted by Crippen LogP contribution is 2.34. The highest BCUT2D eigenvalue weighted by molar-refractivity contribution is 5.49. The van der Waals surface area contributed by atoms with Gasteiger partial charge in [0.2, 0.25) is 0 Å². The first-order valence-electron chi connectivity index (χ1n) is 7.53. The Morgan fingerprint density at radius 2 is 1.10 bits per heavy atom. The van der Waals surface area contributed by atoms with Gasteiger partial charge in [0.1, 0.15) is 11.5 Å². The molecule has 2 heteroatoms. The van der Waals surface area contributed by atoms with Crippen molar-refractivity contribution >= 4 is 0 Å². The van der Waals surface area contributed by atoms with E-state index in [0.29, 0.717) is 17.9 Å². The van der Waals surface area contributed by atoms with Crippen molar-refractivity contribution in [3.05, 3.63) is 58.7 Å². The Hall–Kier alpha value is -1.96. The van der Waals surface area contributed by atoms with Crippen LogP contribution in [-0.4, -0.2) is 10.2 Å². The molecule has 0 unspecified atom stereocenters. The summed E-state index contributed by atoms with van der Waals surface area (Å²) in [7, 11) is 0. The average molecular weight is 284 g/mol. The van der Waals surface area contributed by atoms with Crippen molar-refractivity contribution in [1.29, 1.82) is 0 Å². The average Bonchev–Trinajstić information content (AvgIpc) is 2.42. The van der Waals surface area contributed by atoms with Gasteiger partial charge in [-0.2, -0.15) is 0 Å². The molecule has 0 aromatic heterocycles. The van der Waals surface area contributed by atoms with Crippen molar-refractivity contribution in [2.45, 2.75) is 46.0 Å². The summed E-state index contributed by atoms with van der Waals surface area (Å²) >= 11 is 0. The van der Waals surface area contributed by atoms with Gasteiger partial charge in [-0.1, -0.05) is 64.1 Å². The standard InChI is InChI=1S/C19H24O2/c1-12(2)16-9-5-7-14(18(16)20)11-15-8-6-10-17(13(3)4)19(15)21/h5-10,12-13,20-21H,11H2,1-4H3. The molecular formula is C19H24O2. The normalized spacial score (nSPS) is 11.3. The van der Waals surface area contributed by atoms with E-state index in [9.17, 15) is 10.2 Å². The molecule has 2 nitrogen and oxygen atoms in total. The van der Waals surface area contributed by atoms with Crippen molar-refractivity contribution in [2.75, 3.05) is 0 Å². The van der Waals surface area contributed by atoms with Gasteiger partial charge in [-0.25, -0.2) is 0 Å². The third-order valence-corrected chi connectivity index (χ3v) is 3.93. The molecule has 112 valence electrons. The highest BCUT2D eigenvalue weighted by atomic mass is 16.3. The fourth-order valence-corrected chi connectivity index (χ4v) is 2.64. The number of aromatic hydroxyl groups is 2. The Morgan fingerprint density at radius 3 is 1.43 bits per heavy atom. The minimum absolute atomic E-state index is 0.278. The van der Waals surface area contributed by atoms with Gasteiger partial charge < -0.3 is 10.2 Å². The quantitative estimate of drug-likeness (QED) is 0.835. The zero-order chi connectivity index (χ0) is 15.6. The van der Waals surface area contributed by atoms with Gasteiger partial charge in [-0.05, 0) is 34.1 Å². The second-order valence-electron chi connectivity index (χ2n) is 6.20. The highest BCUT2D eigenvalue weighted by Gasteiger charge is 2.14. The minimum atomic E-state index is 0.278. The summed E-state index contributed by atoms with van der Waals surface area (Å²) in [4.78, 5) is 0. The molecule has 2 aromatic carbocycles. The van der Waals surface area contributed by atoms with Crippen LogP contribution in [0.4, 0.5) is 0 Å². The minimum Gasteiger partial charge on any atom is -0.507 e.